The van der Waals surface area contributed by atoms with Crippen LogP contribution < -0.4 is 11.1 Å². The first-order valence-corrected chi connectivity index (χ1v) is 3.77. The van der Waals surface area contributed by atoms with Crippen LogP contribution in [0.15, 0.2) is 18.2 Å². The van der Waals surface area contributed by atoms with Gasteiger partial charge in [-0.05, 0) is 12.1 Å². The summed E-state index contributed by atoms with van der Waals surface area (Å²) < 4.78 is 35.5. The van der Waals surface area contributed by atoms with Gasteiger partial charge in [0.2, 0.25) is 0 Å². The number of hydrogen-bond donors (Lipinski definition) is 3. The maximum atomic E-state index is 11.8. The number of halogens is 3. The highest BCUT2D eigenvalue weighted by Gasteiger charge is 2.38. The molecule has 0 aromatic heterocycles. The van der Waals surface area contributed by atoms with Crippen LogP contribution in [0.1, 0.15) is 0 Å². The smallest absolute Gasteiger partial charge is 0.471 e. The molecule has 4 nitrogen and oxygen atoms in total. The zero-order valence-electron chi connectivity index (χ0n) is 7.30. The van der Waals surface area contributed by atoms with Crippen molar-refractivity contribution in [1.82, 2.24) is 0 Å². The lowest BCUT2D eigenvalue weighted by atomic mass is 10.2. The van der Waals surface area contributed by atoms with Crippen molar-refractivity contribution in [2.45, 2.75) is 6.18 Å². The number of nitrogens with two attached hydrogens (primary N) is 1. The van der Waals surface area contributed by atoms with Crippen LogP contribution >= 0.6 is 0 Å². The van der Waals surface area contributed by atoms with E-state index < -0.39 is 12.1 Å². The Hall–Kier alpha value is -1.92. The summed E-state index contributed by atoms with van der Waals surface area (Å²) in [6.45, 7) is 0. The molecule has 0 atom stereocenters. The molecule has 82 valence electrons. The molecule has 0 heterocycles. The molecule has 7 heteroatoms. The molecule has 0 fully saturated rings. The van der Waals surface area contributed by atoms with E-state index in [1.165, 1.54) is 0 Å². The van der Waals surface area contributed by atoms with E-state index in [2.05, 4.69) is 0 Å². The van der Waals surface area contributed by atoms with Gasteiger partial charge in [0.1, 0.15) is 5.75 Å². The van der Waals surface area contributed by atoms with Crippen LogP contribution in [-0.4, -0.2) is 17.2 Å². The second-order valence-corrected chi connectivity index (χ2v) is 2.72. The number of anilines is 2. The monoisotopic (exact) mass is 220 g/mol. The fourth-order valence-electron chi connectivity index (χ4n) is 0.857. The van der Waals surface area contributed by atoms with Crippen molar-refractivity contribution in [3.63, 3.8) is 0 Å². The van der Waals surface area contributed by atoms with E-state index in [1.807, 2.05) is 0 Å². The first-order chi connectivity index (χ1) is 6.80. The molecule has 4 N–H and O–H groups in total. The lowest BCUT2D eigenvalue weighted by molar-refractivity contribution is -0.167. The minimum absolute atomic E-state index is 0.146. The topological polar surface area (TPSA) is 75.3 Å². The molecular formula is C8H7F3N2O2. The molecule has 15 heavy (non-hydrogen) atoms. The number of hydrogen-bond acceptors (Lipinski definition) is 3. The van der Waals surface area contributed by atoms with Crippen LogP contribution in [0, 0.1) is 0 Å². The Morgan fingerprint density at radius 3 is 2.47 bits per heavy atom. The molecule has 1 amide bonds. The van der Waals surface area contributed by atoms with Crippen molar-refractivity contribution in [1.29, 1.82) is 0 Å². The first-order valence-electron chi connectivity index (χ1n) is 3.77. The van der Waals surface area contributed by atoms with Crippen LogP contribution in [0.4, 0.5) is 24.5 Å². The van der Waals surface area contributed by atoms with E-state index in [9.17, 15) is 18.0 Å². The Balaban J connectivity index is 2.87. The van der Waals surface area contributed by atoms with Gasteiger partial charge in [0.25, 0.3) is 0 Å². The predicted octanol–water partition coefficient (Wildman–Crippen LogP) is 1.48. The van der Waals surface area contributed by atoms with Crippen LogP contribution in [-0.2, 0) is 4.79 Å². The number of nitrogens with one attached hydrogen (secondary N) is 1. The van der Waals surface area contributed by atoms with E-state index in [-0.39, 0.29) is 17.1 Å². The highest BCUT2D eigenvalue weighted by atomic mass is 19.4. The fraction of sp³-hybridized carbons (Fsp3) is 0.125. The number of carbonyl (C=O) groups is 1. The molecule has 0 saturated carbocycles. The first kappa shape index (κ1) is 11.2. The molecule has 0 radical (unpaired) electrons. The van der Waals surface area contributed by atoms with Gasteiger partial charge in [0.05, 0.1) is 11.4 Å². The number of phenolic OH excluding ortho intramolecular Hbond substituents is 1. The summed E-state index contributed by atoms with van der Waals surface area (Å²) in [6.07, 6.45) is -4.97. The zero-order chi connectivity index (χ0) is 11.6. The maximum absolute atomic E-state index is 11.8. The zero-order valence-corrected chi connectivity index (χ0v) is 7.30. The fourth-order valence-corrected chi connectivity index (χ4v) is 0.857. The quantitative estimate of drug-likeness (QED) is 0.495. The Morgan fingerprint density at radius 1 is 1.40 bits per heavy atom. The van der Waals surface area contributed by atoms with Gasteiger partial charge in [-0.2, -0.15) is 13.2 Å². The van der Waals surface area contributed by atoms with Gasteiger partial charge in [-0.15, -0.1) is 0 Å². The number of rotatable bonds is 1. The van der Waals surface area contributed by atoms with Gasteiger partial charge < -0.3 is 16.2 Å². The molecule has 0 aliphatic carbocycles. The van der Waals surface area contributed by atoms with Gasteiger partial charge in [-0.25, -0.2) is 0 Å². The summed E-state index contributed by atoms with van der Waals surface area (Å²) in [7, 11) is 0. The average molecular weight is 220 g/mol. The molecule has 0 aliphatic rings. The number of nitrogen functional groups attached to an aromatic ring is 1. The van der Waals surface area contributed by atoms with E-state index in [0.29, 0.717) is 0 Å². The van der Waals surface area contributed by atoms with Crippen molar-refractivity contribution >= 4 is 17.3 Å². The minimum atomic E-state index is -4.97. The van der Waals surface area contributed by atoms with E-state index in [1.54, 1.807) is 5.32 Å². The summed E-state index contributed by atoms with van der Waals surface area (Å²) >= 11 is 0. The standard InChI is InChI=1S/C8H7F3N2O2/c9-8(10,11)7(15)13-6-2-1-4(14)3-5(6)12/h1-3,14H,12H2,(H,13,15). The van der Waals surface area contributed by atoms with Crippen LogP contribution in [0.5, 0.6) is 5.75 Å². The van der Waals surface area contributed by atoms with Crippen LogP contribution in [0.3, 0.4) is 0 Å². The third-order valence-electron chi connectivity index (χ3n) is 1.54. The minimum Gasteiger partial charge on any atom is -0.508 e. The summed E-state index contributed by atoms with van der Waals surface area (Å²) in [6, 6.07) is 3.22. The summed E-state index contributed by atoms with van der Waals surface area (Å²) in [4.78, 5) is 10.5. The molecule has 1 rings (SSSR count). The van der Waals surface area contributed by atoms with Gasteiger partial charge in [0, 0.05) is 6.07 Å². The number of benzene rings is 1. The largest absolute Gasteiger partial charge is 0.508 e. The van der Waals surface area contributed by atoms with Crippen LogP contribution in [0.2, 0.25) is 0 Å². The van der Waals surface area contributed by atoms with E-state index in [0.717, 1.165) is 18.2 Å². The van der Waals surface area contributed by atoms with E-state index >= 15 is 0 Å². The summed E-state index contributed by atoms with van der Waals surface area (Å²) in [5.74, 6) is -2.31. The Morgan fingerprint density at radius 2 is 2.00 bits per heavy atom. The molecule has 0 spiro atoms. The lowest BCUT2D eigenvalue weighted by Crippen LogP contribution is -2.30. The lowest BCUT2D eigenvalue weighted by Gasteiger charge is -2.09. The van der Waals surface area contributed by atoms with Crippen molar-refractivity contribution < 1.29 is 23.1 Å². The number of phenols is 1. The molecular weight excluding hydrogens is 213 g/mol. The highest BCUT2D eigenvalue weighted by Crippen LogP contribution is 2.25. The summed E-state index contributed by atoms with van der Waals surface area (Å²) in [5.41, 5.74) is 4.93. The van der Waals surface area contributed by atoms with Gasteiger partial charge in [-0.3, -0.25) is 4.79 Å². The van der Waals surface area contributed by atoms with Crippen LogP contribution in [0.25, 0.3) is 0 Å². The number of alkyl halides is 3. The predicted molar refractivity (Wildman–Crippen MR) is 47.2 cm³/mol. The Bertz CT molecular complexity index is 390. The number of aromatic hydroxyl groups is 1. The van der Waals surface area contributed by atoms with Gasteiger partial charge in [0.15, 0.2) is 0 Å². The third kappa shape index (κ3) is 2.76. The molecule has 0 aliphatic heterocycles. The van der Waals surface area contributed by atoms with E-state index in [4.69, 9.17) is 10.8 Å². The third-order valence-corrected chi connectivity index (χ3v) is 1.54. The Kier molecular flexibility index (Phi) is 2.74. The SMILES string of the molecule is Nc1cc(O)ccc1NC(=O)C(F)(F)F. The summed E-state index contributed by atoms with van der Waals surface area (Å²) in [5, 5.41) is 10.5. The van der Waals surface area contributed by atoms with Gasteiger partial charge >= 0.3 is 12.1 Å². The second kappa shape index (κ2) is 3.68. The normalized spacial score (nSPS) is 11.1. The van der Waals surface area contributed by atoms with Crippen molar-refractivity contribution in [2.75, 3.05) is 11.1 Å². The van der Waals surface area contributed by atoms with Crippen molar-refractivity contribution in [3.05, 3.63) is 18.2 Å². The molecule has 0 unspecified atom stereocenters. The molecule has 0 saturated heterocycles. The molecule has 1 aromatic carbocycles. The number of amides is 1. The average Bonchev–Trinajstić information content (AvgIpc) is 2.08. The van der Waals surface area contributed by atoms with Crippen molar-refractivity contribution in [2.24, 2.45) is 0 Å². The van der Waals surface area contributed by atoms with Gasteiger partial charge in [-0.1, -0.05) is 0 Å². The highest BCUT2D eigenvalue weighted by molar-refractivity contribution is 5.97. The number of carbonyl (C=O) groups excluding carboxylic acids is 1. The maximum Gasteiger partial charge on any atom is 0.471 e. The van der Waals surface area contributed by atoms with Crippen molar-refractivity contribution in [3.8, 4) is 5.75 Å². The Labute approximate surface area is 82.5 Å². The molecule has 1 aromatic rings. The molecule has 0 bridgehead atoms. The second-order valence-electron chi connectivity index (χ2n) is 2.72.